The summed E-state index contributed by atoms with van der Waals surface area (Å²) in [5, 5.41) is 0. The van der Waals surface area contributed by atoms with Gasteiger partial charge in [0.05, 0.1) is 0 Å². The van der Waals surface area contributed by atoms with Crippen LogP contribution in [0.3, 0.4) is 0 Å². The minimum absolute atomic E-state index is 0.323. The first-order valence-corrected chi connectivity index (χ1v) is 5.43. The van der Waals surface area contributed by atoms with Crippen LogP contribution in [-0.2, 0) is 4.79 Å². The van der Waals surface area contributed by atoms with Gasteiger partial charge in [0, 0.05) is 6.42 Å². The predicted molar refractivity (Wildman–Crippen MR) is 49.9 cm³/mol. The van der Waals surface area contributed by atoms with Crippen LogP contribution in [0.4, 0.5) is 0 Å². The molecule has 0 fully saturated rings. The molecule has 0 radical (unpaired) electrons. The molecule has 0 spiro atoms. The third kappa shape index (κ3) is 3.10. The SMILES string of the molecule is CSCCCC1=CC(=O)CC1. The molecular weight excluding hydrogens is 156 g/mol. The van der Waals surface area contributed by atoms with Gasteiger partial charge in [-0.1, -0.05) is 5.57 Å². The fraction of sp³-hybridized carbons (Fsp3) is 0.667. The molecule has 0 bridgehead atoms. The number of carbonyl (C=O) groups is 1. The van der Waals surface area contributed by atoms with Crippen LogP contribution in [0.15, 0.2) is 11.6 Å². The molecule has 0 heterocycles. The van der Waals surface area contributed by atoms with Crippen molar-refractivity contribution in [1.29, 1.82) is 0 Å². The summed E-state index contributed by atoms with van der Waals surface area (Å²) in [7, 11) is 0. The van der Waals surface area contributed by atoms with E-state index < -0.39 is 0 Å². The smallest absolute Gasteiger partial charge is 0.155 e. The van der Waals surface area contributed by atoms with E-state index in [1.54, 1.807) is 0 Å². The summed E-state index contributed by atoms with van der Waals surface area (Å²) in [4.78, 5) is 10.8. The number of thioether (sulfide) groups is 1. The molecule has 11 heavy (non-hydrogen) atoms. The summed E-state index contributed by atoms with van der Waals surface area (Å²) in [5.74, 6) is 1.54. The van der Waals surface area contributed by atoms with Gasteiger partial charge >= 0.3 is 0 Å². The van der Waals surface area contributed by atoms with E-state index in [1.807, 2.05) is 17.8 Å². The maximum absolute atomic E-state index is 10.8. The Kier molecular flexibility index (Phi) is 3.70. The second-order valence-electron chi connectivity index (χ2n) is 2.87. The van der Waals surface area contributed by atoms with Gasteiger partial charge in [-0.05, 0) is 37.3 Å². The van der Waals surface area contributed by atoms with Crippen LogP contribution in [0.25, 0.3) is 0 Å². The first-order chi connectivity index (χ1) is 5.33. The number of rotatable bonds is 4. The van der Waals surface area contributed by atoms with Gasteiger partial charge < -0.3 is 0 Å². The molecular formula is C9H14OS. The molecule has 0 saturated heterocycles. The zero-order valence-electron chi connectivity index (χ0n) is 6.93. The number of carbonyl (C=O) groups excluding carboxylic acids is 1. The Hall–Kier alpha value is -0.240. The molecule has 62 valence electrons. The van der Waals surface area contributed by atoms with Crippen molar-refractivity contribution in [3.8, 4) is 0 Å². The number of hydrogen-bond donors (Lipinski definition) is 0. The highest BCUT2D eigenvalue weighted by Gasteiger charge is 2.10. The van der Waals surface area contributed by atoms with E-state index in [1.165, 1.54) is 17.7 Å². The Labute approximate surface area is 72.2 Å². The summed E-state index contributed by atoms with van der Waals surface area (Å²) < 4.78 is 0. The highest BCUT2D eigenvalue weighted by atomic mass is 32.2. The zero-order valence-corrected chi connectivity index (χ0v) is 7.75. The molecule has 0 N–H and O–H groups in total. The average molecular weight is 170 g/mol. The molecule has 0 aliphatic heterocycles. The summed E-state index contributed by atoms with van der Waals surface area (Å²) in [6.45, 7) is 0. The van der Waals surface area contributed by atoms with Crippen molar-refractivity contribution >= 4 is 17.5 Å². The lowest BCUT2D eigenvalue weighted by atomic mass is 10.1. The minimum Gasteiger partial charge on any atom is -0.295 e. The van der Waals surface area contributed by atoms with E-state index in [4.69, 9.17) is 0 Å². The van der Waals surface area contributed by atoms with Crippen molar-refractivity contribution in [2.24, 2.45) is 0 Å². The summed E-state index contributed by atoms with van der Waals surface area (Å²) >= 11 is 1.87. The third-order valence-electron chi connectivity index (χ3n) is 1.90. The largest absolute Gasteiger partial charge is 0.295 e. The Balaban J connectivity index is 2.17. The van der Waals surface area contributed by atoms with Crippen LogP contribution in [-0.4, -0.2) is 17.8 Å². The third-order valence-corrected chi connectivity index (χ3v) is 2.60. The summed E-state index contributed by atoms with van der Waals surface area (Å²) in [6, 6.07) is 0. The maximum Gasteiger partial charge on any atom is 0.155 e. The van der Waals surface area contributed by atoms with Crippen LogP contribution < -0.4 is 0 Å². The Morgan fingerprint density at radius 1 is 1.55 bits per heavy atom. The van der Waals surface area contributed by atoms with Gasteiger partial charge in [-0.15, -0.1) is 0 Å². The lowest BCUT2D eigenvalue weighted by Gasteiger charge is -1.97. The molecule has 1 rings (SSSR count). The monoisotopic (exact) mass is 170 g/mol. The maximum atomic E-state index is 10.8. The topological polar surface area (TPSA) is 17.1 Å². The molecule has 0 aromatic rings. The number of ketones is 1. The quantitative estimate of drug-likeness (QED) is 0.603. The number of hydrogen-bond acceptors (Lipinski definition) is 2. The lowest BCUT2D eigenvalue weighted by molar-refractivity contribution is -0.114. The Morgan fingerprint density at radius 3 is 2.91 bits per heavy atom. The van der Waals surface area contributed by atoms with Gasteiger partial charge in [-0.2, -0.15) is 11.8 Å². The standard InChI is InChI=1S/C9H14OS/c1-11-6-2-3-8-4-5-9(10)7-8/h7H,2-6H2,1H3. The van der Waals surface area contributed by atoms with Crippen molar-refractivity contribution in [3.63, 3.8) is 0 Å². The molecule has 0 amide bonds. The van der Waals surface area contributed by atoms with Gasteiger partial charge in [0.15, 0.2) is 5.78 Å². The molecule has 0 aromatic carbocycles. The van der Waals surface area contributed by atoms with Crippen molar-refractivity contribution in [2.45, 2.75) is 25.7 Å². The Morgan fingerprint density at radius 2 is 2.36 bits per heavy atom. The van der Waals surface area contributed by atoms with Crippen molar-refractivity contribution < 1.29 is 4.79 Å². The fourth-order valence-electron chi connectivity index (χ4n) is 1.30. The summed E-state index contributed by atoms with van der Waals surface area (Å²) in [6.07, 6.45) is 8.09. The van der Waals surface area contributed by atoms with Gasteiger partial charge in [0.25, 0.3) is 0 Å². The van der Waals surface area contributed by atoms with Gasteiger partial charge in [0.2, 0.25) is 0 Å². The highest BCUT2D eigenvalue weighted by molar-refractivity contribution is 7.98. The van der Waals surface area contributed by atoms with Crippen LogP contribution in [0.2, 0.25) is 0 Å². The highest BCUT2D eigenvalue weighted by Crippen LogP contribution is 2.20. The normalized spacial score (nSPS) is 17.2. The van der Waals surface area contributed by atoms with Crippen molar-refractivity contribution in [1.82, 2.24) is 0 Å². The zero-order chi connectivity index (χ0) is 8.10. The molecule has 0 saturated carbocycles. The minimum atomic E-state index is 0.323. The van der Waals surface area contributed by atoms with Crippen molar-refractivity contribution in [2.75, 3.05) is 12.0 Å². The van der Waals surface area contributed by atoms with Gasteiger partial charge in [-0.3, -0.25) is 4.79 Å². The van der Waals surface area contributed by atoms with E-state index in [2.05, 4.69) is 6.26 Å². The lowest BCUT2D eigenvalue weighted by Crippen LogP contribution is -1.81. The second-order valence-corrected chi connectivity index (χ2v) is 3.85. The molecule has 0 aromatic heterocycles. The Bertz CT molecular complexity index is 172. The first kappa shape index (κ1) is 8.85. The van der Waals surface area contributed by atoms with Gasteiger partial charge in [0.1, 0.15) is 0 Å². The fourth-order valence-corrected chi connectivity index (χ4v) is 1.73. The van der Waals surface area contributed by atoms with E-state index in [9.17, 15) is 4.79 Å². The van der Waals surface area contributed by atoms with Gasteiger partial charge in [-0.25, -0.2) is 0 Å². The van der Waals surface area contributed by atoms with Crippen LogP contribution in [0.1, 0.15) is 25.7 Å². The molecule has 1 aliphatic carbocycles. The molecule has 1 nitrogen and oxygen atoms in total. The molecule has 2 heteroatoms. The van der Waals surface area contributed by atoms with E-state index >= 15 is 0 Å². The second kappa shape index (κ2) is 4.60. The number of allylic oxidation sites excluding steroid dienone is 2. The van der Waals surface area contributed by atoms with Crippen LogP contribution >= 0.6 is 11.8 Å². The molecule has 0 atom stereocenters. The van der Waals surface area contributed by atoms with E-state index in [0.717, 1.165) is 19.3 Å². The first-order valence-electron chi connectivity index (χ1n) is 4.04. The van der Waals surface area contributed by atoms with E-state index in [0.29, 0.717) is 5.78 Å². The predicted octanol–water partition coefficient (Wildman–Crippen LogP) is 2.42. The van der Waals surface area contributed by atoms with E-state index in [-0.39, 0.29) is 0 Å². The molecule has 1 aliphatic rings. The molecule has 0 unspecified atom stereocenters. The van der Waals surface area contributed by atoms with Crippen LogP contribution in [0.5, 0.6) is 0 Å². The average Bonchev–Trinajstić information content (AvgIpc) is 2.37. The van der Waals surface area contributed by atoms with Crippen molar-refractivity contribution in [3.05, 3.63) is 11.6 Å². The summed E-state index contributed by atoms with van der Waals surface area (Å²) in [5.41, 5.74) is 1.36. The van der Waals surface area contributed by atoms with Crippen LogP contribution in [0, 0.1) is 0 Å².